The Morgan fingerprint density at radius 2 is 2.15 bits per heavy atom. The zero-order valence-corrected chi connectivity index (χ0v) is 10.4. The second-order valence-corrected chi connectivity index (χ2v) is 3.63. The maximum atomic E-state index is 11.0. The number of benzene rings is 1. The topological polar surface area (TPSA) is 105 Å². The van der Waals surface area contributed by atoms with Crippen molar-refractivity contribution in [1.82, 2.24) is 10.2 Å². The first-order valence-electron chi connectivity index (χ1n) is 5.46. The zero-order chi connectivity index (χ0) is 14.5. The monoisotopic (exact) mass is 271 g/mol. The van der Waals surface area contributed by atoms with Crippen LogP contribution in [-0.4, -0.2) is 28.4 Å². The number of carboxylic acids is 1. The lowest BCUT2D eigenvalue weighted by molar-refractivity contribution is 0.0696. The van der Waals surface area contributed by atoms with Crippen molar-refractivity contribution >= 4 is 5.97 Å². The molecule has 7 nitrogen and oxygen atoms in total. The van der Waals surface area contributed by atoms with Crippen LogP contribution in [0.1, 0.15) is 15.9 Å². The molecule has 1 aromatic heterocycles. The minimum absolute atomic E-state index is 0.0177. The maximum Gasteiger partial charge on any atom is 0.335 e. The molecule has 0 aliphatic rings. The van der Waals surface area contributed by atoms with Crippen molar-refractivity contribution in [2.45, 2.75) is 0 Å². The third kappa shape index (κ3) is 2.64. The van der Waals surface area contributed by atoms with Gasteiger partial charge in [-0.25, -0.2) is 4.79 Å². The van der Waals surface area contributed by atoms with Crippen molar-refractivity contribution in [3.63, 3.8) is 0 Å². The van der Waals surface area contributed by atoms with E-state index < -0.39 is 5.97 Å². The largest absolute Gasteiger partial charge is 0.493 e. The molecule has 2 rings (SSSR count). The molecule has 20 heavy (non-hydrogen) atoms. The van der Waals surface area contributed by atoms with Gasteiger partial charge >= 0.3 is 5.97 Å². The van der Waals surface area contributed by atoms with E-state index in [1.54, 1.807) is 0 Å². The number of hydrogen-bond acceptors (Lipinski definition) is 6. The molecule has 1 N–H and O–H groups in total. The quantitative estimate of drug-likeness (QED) is 0.904. The second kappa shape index (κ2) is 5.67. The smallest absolute Gasteiger partial charge is 0.335 e. The third-order valence-corrected chi connectivity index (χ3v) is 2.42. The summed E-state index contributed by atoms with van der Waals surface area (Å²) in [5.74, 6) is -0.651. The molecule has 0 amide bonds. The molecule has 1 heterocycles. The molecular weight excluding hydrogens is 262 g/mol. The van der Waals surface area contributed by atoms with Crippen LogP contribution in [0, 0.1) is 11.3 Å². The van der Waals surface area contributed by atoms with Gasteiger partial charge < -0.3 is 14.6 Å². The van der Waals surface area contributed by atoms with Gasteiger partial charge in [0.15, 0.2) is 11.5 Å². The first-order valence-corrected chi connectivity index (χ1v) is 5.46. The fourth-order valence-corrected chi connectivity index (χ4v) is 1.47. The average Bonchev–Trinajstić information content (AvgIpc) is 2.47. The van der Waals surface area contributed by atoms with Crippen molar-refractivity contribution in [2.24, 2.45) is 0 Å². The lowest BCUT2D eigenvalue weighted by atomic mass is 10.2. The van der Waals surface area contributed by atoms with Crippen molar-refractivity contribution in [3.8, 4) is 23.4 Å². The lowest BCUT2D eigenvalue weighted by Gasteiger charge is -2.10. The van der Waals surface area contributed by atoms with Crippen molar-refractivity contribution < 1.29 is 19.4 Å². The Kier molecular flexibility index (Phi) is 3.77. The van der Waals surface area contributed by atoms with Crippen LogP contribution in [0.5, 0.6) is 17.4 Å². The summed E-state index contributed by atoms with van der Waals surface area (Å²) in [6, 6.07) is 7.48. The Labute approximate surface area is 114 Å². The van der Waals surface area contributed by atoms with E-state index in [9.17, 15) is 4.79 Å². The molecule has 0 fully saturated rings. The summed E-state index contributed by atoms with van der Waals surface area (Å²) < 4.78 is 10.5. The van der Waals surface area contributed by atoms with Gasteiger partial charge in [-0.2, -0.15) is 10.4 Å². The number of nitrogens with zero attached hydrogens (tertiary/aromatic N) is 3. The highest BCUT2D eigenvalue weighted by Gasteiger charge is 2.13. The molecular formula is C13H9N3O4. The van der Waals surface area contributed by atoms with Gasteiger partial charge in [-0.3, -0.25) is 0 Å². The molecule has 0 saturated carbocycles. The summed E-state index contributed by atoms with van der Waals surface area (Å²) in [5.41, 5.74) is 0.214. The van der Waals surface area contributed by atoms with E-state index in [2.05, 4.69) is 10.2 Å². The van der Waals surface area contributed by atoms with Gasteiger partial charge in [0, 0.05) is 0 Å². The van der Waals surface area contributed by atoms with Crippen LogP contribution in [0.15, 0.2) is 30.5 Å². The molecule has 1 aromatic carbocycles. The summed E-state index contributed by atoms with van der Waals surface area (Å²) >= 11 is 0. The molecule has 0 spiro atoms. The Balaban J connectivity index is 2.44. The molecule has 100 valence electrons. The Morgan fingerprint density at radius 1 is 1.35 bits per heavy atom. The van der Waals surface area contributed by atoms with Crippen molar-refractivity contribution in [3.05, 3.63) is 41.6 Å². The van der Waals surface area contributed by atoms with E-state index in [0.29, 0.717) is 5.75 Å². The SMILES string of the molecule is COc1ccc(C(=O)O)cc1Oc1nnccc1C#N. The van der Waals surface area contributed by atoms with E-state index in [1.165, 1.54) is 37.6 Å². The first-order chi connectivity index (χ1) is 9.65. The average molecular weight is 271 g/mol. The number of ether oxygens (including phenoxy) is 2. The van der Waals surface area contributed by atoms with Gasteiger partial charge in [-0.1, -0.05) is 0 Å². The molecule has 7 heteroatoms. The van der Waals surface area contributed by atoms with Crippen molar-refractivity contribution in [1.29, 1.82) is 5.26 Å². The highest BCUT2D eigenvalue weighted by molar-refractivity contribution is 5.88. The Hall–Kier alpha value is -3.14. The summed E-state index contributed by atoms with van der Waals surface area (Å²) in [6.07, 6.45) is 1.36. The molecule has 0 bridgehead atoms. The molecule has 0 aliphatic heterocycles. The highest BCUT2D eigenvalue weighted by Crippen LogP contribution is 2.32. The third-order valence-electron chi connectivity index (χ3n) is 2.42. The van der Waals surface area contributed by atoms with Crippen LogP contribution >= 0.6 is 0 Å². The number of hydrogen-bond donors (Lipinski definition) is 1. The Bertz CT molecular complexity index is 694. The minimum Gasteiger partial charge on any atom is -0.493 e. The van der Waals surface area contributed by atoms with Crippen LogP contribution in [0.25, 0.3) is 0 Å². The summed E-state index contributed by atoms with van der Waals surface area (Å²) in [4.78, 5) is 11.0. The van der Waals surface area contributed by atoms with Gasteiger partial charge in [-0.15, -0.1) is 5.10 Å². The number of rotatable bonds is 4. The van der Waals surface area contributed by atoms with Gasteiger partial charge in [0.05, 0.1) is 18.9 Å². The molecule has 0 unspecified atom stereocenters. The van der Waals surface area contributed by atoms with Crippen LogP contribution in [0.3, 0.4) is 0 Å². The first kappa shape index (κ1) is 13.3. The van der Waals surface area contributed by atoms with Gasteiger partial charge in [0.25, 0.3) is 5.88 Å². The molecule has 0 aliphatic carbocycles. The summed E-state index contributed by atoms with van der Waals surface area (Å²) in [5, 5.41) is 25.2. The van der Waals surface area contributed by atoms with E-state index in [0.717, 1.165) is 0 Å². The molecule has 0 atom stereocenters. The normalized spacial score (nSPS) is 9.60. The standard InChI is InChI=1S/C13H9N3O4/c1-19-10-3-2-8(13(17)18)6-11(10)20-12-9(7-14)4-5-15-16-12/h2-6H,1H3,(H,17,18). The molecule has 0 saturated heterocycles. The predicted molar refractivity (Wildman–Crippen MR) is 66.8 cm³/mol. The number of aromatic carboxylic acids is 1. The summed E-state index contributed by atoms with van der Waals surface area (Å²) in [6.45, 7) is 0. The van der Waals surface area contributed by atoms with Crippen LogP contribution in [-0.2, 0) is 0 Å². The van der Waals surface area contributed by atoms with Gasteiger partial charge in [0.2, 0.25) is 0 Å². The molecule has 0 radical (unpaired) electrons. The predicted octanol–water partition coefficient (Wildman–Crippen LogP) is 1.85. The number of aromatic nitrogens is 2. The zero-order valence-electron chi connectivity index (χ0n) is 10.4. The Morgan fingerprint density at radius 3 is 2.80 bits per heavy atom. The second-order valence-electron chi connectivity index (χ2n) is 3.63. The minimum atomic E-state index is -1.10. The van der Waals surface area contributed by atoms with Crippen LogP contribution < -0.4 is 9.47 Å². The number of nitriles is 1. The fraction of sp³-hybridized carbons (Fsp3) is 0.0769. The number of carboxylic acid groups (broad SMARTS) is 1. The lowest BCUT2D eigenvalue weighted by Crippen LogP contribution is -2.00. The van der Waals surface area contributed by atoms with E-state index >= 15 is 0 Å². The van der Waals surface area contributed by atoms with Crippen LogP contribution in [0.4, 0.5) is 0 Å². The van der Waals surface area contributed by atoms with Crippen molar-refractivity contribution in [2.75, 3.05) is 7.11 Å². The summed E-state index contributed by atoms with van der Waals surface area (Å²) in [7, 11) is 1.42. The highest BCUT2D eigenvalue weighted by atomic mass is 16.5. The van der Waals surface area contributed by atoms with E-state index in [4.69, 9.17) is 19.8 Å². The van der Waals surface area contributed by atoms with Gasteiger partial charge in [-0.05, 0) is 24.3 Å². The van der Waals surface area contributed by atoms with E-state index in [-0.39, 0.29) is 22.8 Å². The maximum absolute atomic E-state index is 11.0. The van der Waals surface area contributed by atoms with E-state index in [1.807, 2.05) is 6.07 Å². The molecule has 2 aromatic rings. The van der Waals surface area contributed by atoms with Gasteiger partial charge in [0.1, 0.15) is 11.6 Å². The van der Waals surface area contributed by atoms with Crippen LogP contribution in [0.2, 0.25) is 0 Å². The fourth-order valence-electron chi connectivity index (χ4n) is 1.47. The number of carbonyl (C=O) groups is 1. The number of methoxy groups -OCH3 is 1.